The number of methoxy groups -OCH3 is 2. The average Bonchev–Trinajstić information content (AvgIpc) is 2.81. The molecule has 0 saturated heterocycles. The molecule has 176 valence electrons. The highest BCUT2D eigenvalue weighted by molar-refractivity contribution is 6.38. The van der Waals surface area contributed by atoms with E-state index >= 15 is 0 Å². The van der Waals surface area contributed by atoms with Crippen molar-refractivity contribution in [1.29, 1.82) is 0 Å². The first-order valence-corrected chi connectivity index (χ1v) is 8.78. The van der Waals surface area contributed by atoms with Crippen LogP contribution in [-0.4, -0.2) is 45.8 Å². The number of nitrogens with one attached hydrogen (secondary N) is 1. The monoisotopic (exact) mass is 476 g/mol. The normalized spacial score (nSPS) is 12.4. The van der Waals surface area contributed by atoms with Crippen molar-refractivity contribution in [2.24, 2.45) is 10.2 Å². The quantitative estimate of drug-likeness (QED) is 0.426. The predicted octanol–water partition coefficient (Wildman–Crippen LogP) is 2.05. The van der Waals surface area contributed by atoms with Crippen LogP contribution >= 0.6 is 0 Å². The first-order valence-electron chi connectivity index (χ1n) is 8.78. The molecule has 0 unspecified atom stereocenters. The van der Waals surface area contributed by atoms with Crippen LogP contribution in [0.2, 0.25) is 0 Å². The number of hydrogen-bond acceptors (Lipinski definition) is 14. The van der Waals surface area contributed by atoms with Crippen LogP contribution in [0.15, 0.2) is 34.5 Å². The fourth-order valence-electron chi connectivity index (χ4n) is 2.95. The molecule has 1 N–H and O–H groups in total. The third-order valence-electron chi connectivity index (χ3n) is 4.38. The summed E-state index contributed by atoms with van der Waals surface area (Å²) in [5.41, 5.74) is -0.758. The van der Waals surface area contributed by atoms with Crippen LogP contribution in [0, 0.1) is 40.5 Å². The number of ether oxygens (including phenoxy) is 2. The first-order chi connectivity index (χ1) is 16.1. The van der Waals surface area contributed by atoms with Gasteiger partial charge in [-0.05, 0) is 0 Å². The molecule has 0 atom stereocenters. The molecule has 1 heterocycles. The van der Waals surface area contributed by atoms with Crippen molar-refractivity contribution in [3.63, 3.8) is 0 Å². The molecular weight excluding hydrogens is 464 g/mol. The van der Waals surface area contributed by atoms with Gasteiger partial charge in [-0.3, -0.25) is 40.5 Å². The van der Waals surface area contributed by atoms with Crippen molar-refractivity contribution in [3.05, 3.63) is 70.3 Å². The van der Waals surface area contributed by atoms with Gasteiger partial charge in [-0.15, -0.1) is 0 Å². The number of hydrogen-bond donors (Lipinski definition) is 1. The van der Waals surface area contributed by atoms with Crippen LogP contribution < -0.4 is 20.1 Å². The van der Waals surface area contributed by atoms with E-state index in [-0.39, 0.29) is 17.0 Å². The van der Waals surface area contributed by atoms with Gasteiger partial charge in [0, 0.05) is 29.8 Å². The number of benzene rings is 2. The Balaban J connectivity index is 2.02. The van der Waals surface area contributed by atoms with Gasteiger partial charge in [0.25, 0.3) is 11.5 Å². The van der Waals surface area contributed by atoms with Crippen LogP contribution in [0.5, 0.6) is 11.5 Å². The molecule has 18 nitrogen and oxygen atoms in total. The van der Waals surface area contributed by atoms with Crippen LogP contribution in [0.4, 0.5) is 28.4 Å². The molecule has 0 fully saturated rings. The topological polar surface area (TPSA) is 231 Å². The van der Waals surface area contributed by atoms with Crippen molar-refractivity contribution in [1.82, 2.24) is 5.53 Å². The summed E-state index contributed by atoms with van der Waals surface area (Å²) in [4.78, 5) is 41.8. The van der Waals surface area contributed by atoms with Crippen LogP contribution in [-0.2, 0) is 0 Å². The van der Waals surface area contributed by atoms with Gasteiger partial charge in [0.05, 0.1) is 45.8 Å². The van der Waals surface area contributed by atoms with Gasteiger partial charge in [-0.25, -0.2) is 0 Å². The second kappa shape index (κ2) is 8.98. The summed E-state index contributed by atoms with van der Waals surface area (Å²) < 4.78 is 9.58. The standard InChI is InChI=1S/C16H12N8O10/c1-33-15-11(21(25)26)3-8(4-12(15)22(27)28)10-7-17-20(19-18-10)9-5-13(23(29)30)16(34-2)14(6-9)24(31)32/h3-7,19H,1-2H3. The Kier molecular flexibility index (Phi) is 6.14. The first kappa shape index (κ1) is 23.2. The third kappa shape index (κ3) is 4.17. The number of rotatable bonds is 8. The van der Waals surface area contributed by atoms with Crippen LogP contribution in [0.25, 0.3) is 0 Å². The maximum atomic E-state index is 11.3. The Morgan fingerprint density at radius 1 is 0.765 bits per heavy atom. The fraction of sp³-hybridized carbons (Fsp3) is 0.125. The maximum absolute atomic E-state index is 11.3. The van der Waals surface area contributed by atoms with E-state index in [2.05, 4.69) is 15.7 Å². The lowest BCUT2D eigenvalue weighted by atomic mass is 10.1. The van der Waals surface area contributed by atoms with E-state index in [0.717, 1.165) is 49.8 Å². The molecule has 0 aromatic heterocycles. The summed E-state index contributed by atoms with van der Waals surface area (Å²) in [7, 11) is 2.08. The van der Waals surface area contributed by atoms with Gasteiger partial charge < -0.3 is 9.47 Å². The van der Waals surface area contributed by atoms with E-state index in [1.165, 1.54) is 0 Å². The molecule has 2 aromatic rings. The third-order valence-corrected chi connectivity index (χ3v) is 4.38. The molecule has 34 heavy (non-hydrogen) atoms. The number of hydrazine groups is 1. The zero-order valence-electron chi connectivity index (χ0n) is 17.1. The summed E-state index contributed by atoms with van der Waals surface area (Å²) in [5, 5.41) is 54.0. The molecule has 0 amide bonds. The summed E-state index contributed by atoms with van der Waals surface area (Å²) in [6.07, 6.45) is 1.04. The Labute approximate surface area is 187 Å². The minimum Gasteiger partial charge on any atom is -0.485 e. The molecule has 0 saturated carbocycles. The maximum Gasteiger partial charge on any atom is 0.320 e. The molecule has 0 aliphatic carbocycles. The Bertz CT molecular complexity index is 1220. The molecule has 3 rings (SSSR count). The lowest BCUT2D eigenvalue weighted by Gasteiger charge is -2.21. The van der Waals surface area contributed by atoms with E-state index in [0.29, 0.717) is 0 Å². The van der Waals surface area contributed by atoms with E-state index in [1.807, 2.05) is 0 Å². The minimum atomic E-state index is -0.882. The van der Waals surface area contributed by atoms with Crippen molar-refractivity contribution >= 4 is 40.4 Å². The molecular formula is C16H12N8O10. The van der Waals surface area contributed by atoms with Gasteiger partial charge in [-0.2, -0.15) is 20.9 Å². The smallest absolute Gasteiger partial charge is 0.320 e. The molecule has 0 radical (unpaired) electrons. The second-order valence-corrected chi connectivity index (χ2v) is 6.25. The minimum absolute atomic E-state index is 0.0678. The van der Waals surface area contributed by atoms with Crippen molar-refractivity contribution in [2.45, 2.75) is 0 Å². The van der Waals surface area contributed by atoms with E-state index in [9.17, 15) is 40.5 Å². The van der Waals surface area contributed by atoms with Gasteiger partial charge in [0.2, 0.25) is 0 Å². The van der Waals surface area contributed by atoms with E-state index < -0.39 is 53.9 Å². The fourth-order valence-corrected chi connectivity index (χ4v) is 2.95. The van der Waals surface area contributed by atoms with Crippen LogP contribution in [0.1, 0.15) is 5.56 Å². The van der Waals surface area contributed by atoms with Gasteiger partial charge in [0.15, 0.2) is 0 Å². The average molecular weight is 476 g/mol. The molecule has 0 bridgehead atoms. The lowest BCUT2D eigenvalue weighted by molar-refractivity contribution is -0.396. The summed E-state index contributed by atoms with van der Waals surface area (Å²) >= 11 is 0. The highest BCUT2D eigenvalue weighted by Gasteiger charge is 2.31. The highest BCUT2D eigenvalue weighted by Crippen LogP contribution is 2.41. The van der Waals surface area contributed by atoms with E-state index in [4.69, 9.17) is 9.47 Å². The summed E-state index contributed by atoms with van der Waals surface area (Å²) in [5.74, 6) is -1.12. The van der Waals surface area contributed by atoms with Gasteiger partial charge in [0.1, 0.15) is 5.71 Å². The van der Waals surface area contributed by atoms with Crippen molar-refractivity contribution in [3.8, 4) is 11.5 Å². The van der Waals surface area contributed by atoms with Crippen LogP contribution in [0.3, 0.4) is 0 Å². The zero-order chi connectivity index (χ0) is 25.2. The lowest BCUT2D eigenvalue weighted by Crippen LogP contribution is -2.34. The van der Waals surface area contributed by atoms with Crippen molar-refractivity contribution < 1.29 is 29.2 Å². The molecule has 1 aliphatic rings. The van der Waals surface area contributed by atoms with Gasteiger partial charge >= 0.3 is 22.7 Å². The summed E-state index contributed by atoms with van der Waals surface area (Å²) in [6.45, 7) is 0. The zero-order valence-corrected chi connectivity index (χ0v) is 17.1. The predicted molar refractivity (Wildman–Crippen MR) is 113 cm³/mol. The highest BCUT2D eigenvalue weighted by atomic mass is 16.6. The number of nitrogens with zero attached hydrogens (tertiary/aromatic N) is 7. The number of anilines is 1. The van der Waals surface area contributed by atoms with E-state index in [1.54, 1.807) is 0 Å². The number of nitro benzene ring substituents is 4. The number of hydrazone groups is 2. The SMILES string of the molecule is COc1c([N+](=O)[O-])cc(C2=NNN(c3cc([N+](=O)[O-])c(OC)c([N+](=O)[O-])c3)N=C2)cc1[N+](=O)[O-]. The molecule has 1 aliphatic heterocycles. The summed E-state index contributed by atoms with van der Waals surface area (Å²) in [6, 6.07) is 3.85. The van der Waals surface area contributed by atoms with Crippen molar-refractivity contribution in [2.75, 3.05) is 19.3 Å². The van der Waals surface area contributed by atoms with Gasteiger partial charge in [-0.1, -0.05) is 0 Å². The molecule has 2 aromatic carbocycles. The largest absolute Gasteiger partial charge is 0.485 e. The Morgan fingerprint density at radius 3 is 1.50 bits per heavy atom. The number of nitro groups is 4. The second-order valence-electron chi connectivity index (χ2n) is 6.25. The Morgan fingerprint density at radius 2 is 1.18 bits per heavy atom. The Hall–Kier alpha value is -5.42. The molecule has 18 heteroatoms. The molecule has 0 spiro atoms.